The van der Waals surface area contributed by atoms with Crippen LogP contribution in [-0.4, -0.2) is 20.7 Å². The zero-order valence-electron chi connectivity index (χ0n) is 29.6. The Hall–Kier alpha value is -7.25. The number of imidazole rings is 1. The molecule has 0 bridgehead atoms. The first-order valence-corrected chi connectivity index (χ1v) is 17.5. The predicted octanol–water partition coefficient (Wildman–Crippen LogP) is 10.4. The minimum atomic E-state index is -0.144. The number of ketones is 2. The summed E-state index contributed by atoms with van der Waals surface area (Å²) in [5.41, 5.74) is 7.68. The standard InChI is InChI=1S/C47H34N2O5/c1-31-7-9-34(10-8-31)45(50)36-17-27-41(28-18-36)53-39-23-13-32(14-24-39)33-15-25-40(26-16-33)54-42-29-19-37(20-30-42)46(51)35-11-21-38(22-12-35)49-44-6-4-3-5-43(44)48(2)47(49)52/h3-30H,1-2H3. The molecule has 1 aromatic heterocycles. The van der Waals surface area contributed by atoms with Crippen molar-refractivity contribution >= 4 is 22.6 Å². The number of fused-ring (bicyclic) bond motifs is 1. The average molecular weight is 707 g/mol. The van der Waals surface area contributed by atoms with E-state index in [-0.39, 0.29) is 17.3 Å². The van der Waals surface area contributed by atoms with Gasteiger partial charge in [0.25, 0.3) is 0 Å². The lowest BCUT2D eigenvalue weighted by Crippen LogP contribution is -2.20. The summed E-state index contributed by atoms with van der Waals surface area (Å²) in [6.07, 6.45) is 0. The number of carbonyl (C=O) groups is 2. The number of hydrogen-bond acceptors (Lipinski definition) is 5. The lowest BCUT2D eigenvalue weighted by Gasteiger charge is -2.10. The first-order chi connectivity index (χ1) is 26.3. The van der Waals surface area contributed by atoms with Crippen LogP contribution in [0, 0.1) is 6.92 Å². The number of carbonyl (C=O) groups excluding carboxylic acids is 2. The molecule has 7 heteroatoms. The van der Waals surface area contributed by atoms with Crippen LogP contribution in [-0.2, 0) is 7.05 Å². The van der Waals surface area contributed by atoms with E-state index in [1.54, 1.807) is 89.0 Å². The van der Waals surface area contributed by atoms with Crippen LogP contribution in [0.3, 0.4) is 0 Å². The molecule has 7 aromatic carbocycles. The number of aryl methyl sites for hydroxylation is 2. The van der Waals surface area contributed by atoms with Gasteiger partial charge in [0, 0.05) is 29.3 Å². The topological polar surface area (TPSA) is 79.5 Å². The molecule has 0 aliphatic heterocycles. The van der Waals surface area contributed by atoms with Crippen LogP contribution >= 0.6 is 0 Å². The largest absolute Gasteiger partial charge is 0.457 e. The van der Waals surface area contributed by atoms with Gasteiger partial charge >= 0.3 is 5.69 Å². The van der Waals surface area contributed by atoms with E-state index in [2.05, 4.69) is 0 Å². The molecule has 0 unspecified atom stereocenters. The molecule has 0 N–H and O–H groups in total. The molecule has 0 aliphatic rings. The molecule has 0 fully saturated rings. The van der Waals surface area contributed by atoms with E-state index in [9.17, 15) is 14.4 Å². The molecule has 7 nitrogen and oxygen atoms in total. The van der Waals surface area contributed by atoms with Gasteiger partial charge in [0.15, 0.2) is 11.6 Å². The van der Waals surface area contributed by atoms with E-state index >= 15 is 0 Å². The summed E-state index contributed by atoms with van der Waals surface area (Å²) >= 11 is 0. The van der Waals surface area contributed by atoms with E-state index in [1.165, 1.54) is 0 Å². The molecule has 0 radical (unpaired) electrons. The first kappa shape index (κ1) is 33.9. The van der Waals surface area contributed by atoms with Gasteiger partial charge in [-0.2, -0.15) is 0 Å². The summed E-state index contributed by atoms with van der Waals surface area (Å²) in [6, 6.07) is 52.1. The van der Waals surface area contributed by atoms with Gasteiger partial charge in [-0.1, -0.05) is 66.2 Å². The summed E-state index contributed by atoms with van der Waals surface area (Å²) < 4.78 is 15.4. The van der Waals surface area contributed by atoms with Gasteiger partial charge in [-0.15, -0.1) is 0 Å². The fraction of sp³-hybridized carbons (Fsp3) is 0.0426. The lowest BCUT2D eigenvalue weighted by molar-refractivity contribution is 0.103. The smallest absolute Gasteiger partial charge is 0.333 e. The minimum Gasteiger partial charge on any atom is -0.457 e. The maximum Gasteiger partial charge on any atom is 0.333 e. The van der Waals surface area contributed by atoms with Crippen LogP contribution in [0.15, 0.2) is 175 Å². The molecule has 0 saturated carbocycles. The molecule has 54 heavy (non-hydrogen) atoms. The van der Waals surface area contributed by atoms with Crippen molar-refractivity contribution in [2.24, 2.45) is 7.05 Å². The third-order valence-electron chi connectivity index (χ3n) is 9.41. The Morgan fingerprint density at radius 3 is 1.22 bits per heavy atom. The highest BCUT2D eigenvalue weighted by Crippen LogP contribution is 2.30. The average Bonchev–Trinajstić information content (AvgIpc) is 3.47. The van der Waals surface area contributed by atoms with Gasteiger partial charge in [-0.3, -0.25) is 18.7 Å². The molecule has 0 saturated heterocycles. The van der Waals surface area contributed by atoms with Gasteiger partial charge < -0.3 is 9.47 Å². The third-order valence-corrected chi connectivity index (χ3v) is 9.41. The second-order valence-corrected chi connectivity index (χ2v) is 13.0. The Morgan fingerprint density at radius 1 is 0.444 bits per heavy atom. The summed E-state index contributed by atoms with van der Waals surface area (Å²) in [5, 5.41) is 0. The highest BCUT2D eigenvalue weighted by Gasteiger charge is 2.14. The van der Waals surface area contributed by atoms with Crippen LogP contribution in [0.1, 0.15) is 37.4 Å². The normalized spacial score (nSPS) is 11.0. The minimum absolute atomic E-state index is 0.0232. The molecule has 262 valence electrons. The van der Waals surface area contributed by atoms with E-state index in [0.717, 1.165) is 27.7 Å². The number of aromatic nitrogens is 2. The van der Waals surface area contributed by atoms with E-state index in [1.807, 2.05) is 104 Å². The highest BCUT2D eigenvalue weighted by molar-refractivity contribution is 6.09. The quantitative estimate of drug-likeness (QED) is 0.132. The van der Waals surface area contributed by atoms with Crippen LogP contribution in [0.5, 0.6) is 23.0 Å². The predicted molar refractivity (Wildman–Crippen MR) is 211 cm³/mol. The number of para-hydroxylation sites is 2. The molecule has 0 amide bonds. The Bertz CT molecular complexity index is 2670. The van der Waals surface area contributed by atoms with E-state index in [4.69, 9.17) is 9.47 Å². The van der Waals surface area contributed by atoms with Crippen molar-refractivity contribution in [1.29, 1.82) is 0 Å². The molecular weight excluding hydrogens is 673 g/mol. The molecular formula is C47H34N2O5. The summed E-state index contributed by atoms with van der Waals surface area (Å²) in [4.78, 5) is 39.0. The van der Waals surface area contributed by atoms with Crippen molar-refractivity contribution in [3.63, 3.8) is 0 Å². The van der Waals surface area contributed by atoms with Crippen LogP contribution in [0.4, 0.5) is 0 Å². The van der Waals surface area contributed by atoms with Gasteiger partial charge in [-0.25, -0.2) is 4.79 Å². The van der Waals surface area contributed by atoms with Gasteiger partial charge in [0.05, 0.1) is 16.7 Å². The van der Waals surface area contributed by atoms with Gasteiger partial charge in [0.2, 0.25) is 0 Å². The fourth-order valence-corrected chi connectivity index (χ4v) is 6.39. The van der Waals surface area contributed by atoms with Crippen molar-refractivity contribution in [3.8, 4) is 39.8 Å². The van der Waals surface area contributed by atoms with Crippen molar-refractivity contribution in [1.82, 2.24) is 9.13 Å². The number of rotatable bonds is 10. The molecule has 1 heterocycles. The molecule has 0 aliphatic carbocycles. The zero-order chi connectivity index (χ0) is 37.2. The Kier molecular flexibility index (Phi) is 9.04. The second kappa shape index (κ2) is 14.4. The molecule has 0 atom stereocenters. The number of ether oxygens (including phenoxy) is 2. The SMILES string of the molecule is Cc1ccc(C(=O)c2ccc(Oc3ccc(-c4ccc(Oc5ccc(C(=O)c6ccc(-n7c(=O)n(C)c8ccccc87)cc6)cc5)cc4)cc3)cc2)cc1. The number of nitrogens with zero attached hydrogens (tertiary/aromatic N) is 2. The van der Waals surface area contributed by atoms with E-state index < -0.39 is 0 Å². The lowest BCUT2D eigenvalue weighted by atomic mass is 10.0. The van der Waals surface area contributed by atoms with Crippen LogP contribution in [0.2, 0.25) is 0 Å². The van der Waals surface area contributed by atoms with Gasteiger partial charge in [-0.05, 0) is 127 Å². The molecule has 8 rings (SSSR count). The maximum atomic E-state index is 13.3. The maximum absolute atomic E-state index is 13.3. The Balaban J connectivity index is 0.871. The van der Waals surface area contributed by atoms with Gasteiger partial charge in [0.1, 0.15) is 23.0 Å². The first-order valence-electron chi connectivity index (χ1n) is 17.5. The van der Waals surface area contributed by atoms with Crippen LogP contribution < -0.4 is 15.2 Å². The Morgan fingerprint density at radius 2 is 0.796 bits per heavy atom. The number of benzene rings is 7. The van der Waals surface area contributed by atoms with Crippen LogP contribution in [0.25, 0.3) is 27.8 Å². The highest BCUT2D eigenvalue weighted by atomic mass is 16.5. The monoisotopic (exact) mass is 706 g/mol. The van der Waals surface area contributed by atoms with Crippen molar-refractivity contribution in [3.05, 3.63) is 208 Å². The summed E-state index contributed by atoms with van der Waals surface area (Å²) in [5.74, 6) is 2.47. The van der Waals surface area contributed by atoms with E-state index in [0.29, 0.717) is 50.9 Å². The van der Waals surface area contributed by atoms with Crippen molar-refractivity contribution in [2.75, 3.05) is 0 Å². The fourth-order valence-electron chi connectivity index (χ4n) is 6.39. The second-order valence-electron chi connectivity index (χ2n) is 13.0. The van der Waals surface area contributed by atoms with Crippen molar-refractivity contribution < 1.29 is 19.1 Å². The zero-order valence-corrected chi connectivity index (χ0v) is 29.6. The number of hydrogen-bond donors (Lipinski definition) is 0. The molecule has 0 spiro atoms. The summed E-state index contributed by atoms with van der Waals surface area (Å²) in [6.45, 7) is 2.00. The third kappa shape index (κ3) is 6.86. The molecule has 8 aromatic rings. The summed E-state index contributed by atoms with van der Waals surface area (Å²) in [7, 11) is 1.75. The van der Waals surface area contributed by atoms with Crippen molar-refractivity contribution in [2.45, 2.75) is 6.92 Å². The Labute approximate surface area is 311 Å².